The maximum atomic E-state index is 13.6. The number of sulfonamides is 1. The SMILES string of the molecule is COc1cc(F)ccc1-c1ncnc(Nc2cccc(CS(=O)(=O)NCCCCNC(=O)OC(C)(C)C)c2)n1. The van der Waals surface area contributed by atoms with Crippen LogP contribution in [0, 0.1) is 5.82 Å². The van der Waals surface area contributed by atoms with Gasteiger partial charge in [0.05, 0.1) is 18.4 Å². The molecule has 210 valence electrons. The van der Waals surface area contributed by atoms with Crippen molar-refractivity contribution in [2.75, 3.05) is 25.5 Å². The second-order valence-corrected chi connectivity index (χ2v) is 11.4. The summed E-state index contributed by atoms with van der Waals surface area (Å²) in [5, 5.41) is 5.68. The number of nitrogens with one attached hydrogen (secondary N) is 3. The number of unbranched alkanes of at least 4 members (excludes halogenated alkanes) is 1. The molecule has 3 aromatic rings. The number of nitrogens with zero attached hydrogens (tertiary/aromatic N) is 3. The first-order valence-electron chi connectivity index (χ1n) is 12.3. The summed E-state index contributed by atoms with van der Waals surface area (Å²) in [5.74, 6) is 0.136. The van der Waals surface area contributed by atoms with Gasteiger partial charge in [0.2, 0.25) is 16.0 Å². The molecule has 0 saturated carbocycles. The average molecular weight is 561 g/mol. The minimum atomic E-state index is -3.58. The number of ether oxygens (including phenoxy) is 2. The highest BCUT2D eigenvalue weighted by Gasteiger charge is 2.16. The fraction of sp³-hybridized carbons (Fsp3) is 0.385. The third kappa shape index (κ3) is 10.1. The molecule has 13 heteroatoms. The van der Waals surface area contributed by atoms with Crippen molar-refractivity contribution in [3.63, 3.8) is 0 Å². The normalized spacial score (nSPS) is 11.6. The number of carbonyl (C=O) groups is 1. The Balaban J connectivity index is 1.53. The summed E-state index contributed by atoms with van der Waals surface area (Å²) in [6, 6.07) is 10.9. The molecule has 3 rings (SSSR count). The number of anilines is 2. The molecule has 1 heterocycles. The Labute approximate surface area is 227 Å². The second-order valence-electron chi connectivity index (χ2n) is 9.59. The Bertz CT molecular complexity index is 1380. The van der Waals surface area contributed by atoms with Crippen molar-refractivity contribution in [1.82, 2.24) is 25.0 Å². The molecule has 0 unspecified atom stereocenters. The zero-order chi connectivity index (χ0) is 28.5. The van der Waals surface area contributed by atoms with Gasteiger partial charge in [-0.15, -0.1) is 0 Å². The van der Waals surface area contributed by atoms with E-state index in [1.54, 1.807) is 45.0 Å². The van der Waals surface area contributed by atoms with Crippen LogP contribution >= 0.6 is 0 Å². The van der Waals surface area contributed by atoms with Crippen molar-refractivity contribution in [1.29, 1.82) is 0 Å². The molecule has 11 nitrogen and oxygen atoms in total. The van der Waals surface area contributed by atoms with Gasteiger partial charge in [0.25, 0.3) is 0 Å². The smallest absolute Gasteiger partial charge is 0.407 e. The van der Waals surface area contributed by atoms with E-state index in [4.69, 9.17) is 9.47 Å². The van der Waals surface area contributed by atoms with E-state index in [0.29, 0.717) is 36.2 Å². The van der Waals surface area contributed by atoms with Gasteiger partial charge in [-0.1, -0.05) is 12.1 Å². The van der Waals surface area contributed by atoms with Crippen LogP contribution in [0.4, 0.5) is 20.8 Å². The van der Waals surface area contributed by atoms with Crippen molar-refractivity contribution in [2.24, 2.45) is 0 Å². The third-order valence-electron chi connectivity index (χ3n) is 5.11. The van der Waals surface area contributed by atoms with Gasteiger partial charge in [-0.2, -0.15) is 4.98 Å². The molecule has 2 aromatic carbocycles. The number of aromatic nitrogens is 3. The van der Waals surface area contributed by atoms with Crippen molar-refractivity contribution in [2.45, 2.75) is 45.0 Å². The first-order chi connectivity index (χ1) is 18.4. The molecule has 0 atom stereocenters. The van der Waals surface area contributed by atoms with Crippen molar-refractivity contribution in [3.8, 4) is 17.1 Å². The fourth-order valence-electron chi connectivity index (χ4n) is 3.46. The molecule has 0 bridgehead atoms. The van der Waals surface area contributed by atoms with Crippen LogP contribution in [0.2, 0.25) is 0 Å². The Morgan fingerprint density at radius 2 is 1.82 bits per heavy atom. The van der Waals surface area contributed by atoms with E-state index < -0.39 is 27.5 Å². The number of amides is 1. The monoisotopic (exact) mass is 560 g/mol. The topological polar surface area (TPSA) is 144 Å². The lowest BCUT2D eigenvalue weighted by atomic mass is 10.2. The summed E-state index contributed by atoms with van der Waals surface area (Å²) in [6.45, 7) is 5.98. The lowest BCUT2D eigenvalue weighted by Crippen LogP contribution is -2.33. The van der Waals surface area contributed by atoms with Crippen LogP contribution in [-0.2, 0) is 20.5 Å². The molecule has 0 saturated heterocycles. The largest absolute Gasteiger partial charge is 0.496 e. The quantitative estimate of drug-likeness (QED) is 0.278. The maximum absolute atomic E-state index is 13.6. The molecular weight excluding hydrogens is 527 g/mol. The molecule has 0 aliphatic heterocycles. The molecule has 0 aliphatic carbocycles. The maximum Gasteiger partial charge on any atom is 0.407 e. The number of hydrogen-bond acceptors (Lipinski definition) is 9. The highest BCUT2D eigenvalue weighted by molar-refractivity contribution is 7.88. The molecule has 1 amide bonds. The van der Waals surface area contributed by atoms with E-state index in [9.17, 15) is 17.6 Å². The van der Waals surface area contributed by atoms with E-state index in [1.807, 2.05) is 0 Å². The third-order valence-corrected chi connectivity index (χ3v) is 6.47. The Morgan fingerprint density at radius 3 is 2.56 bits per heavy atom. The van der Waals surface area contributed by atoms with Gasteiger partial charge in [0.15, 0.2) is 5.82 Å². The molecule has 0 radical (unpaired) electrons. The van der Waals surface area contributed by atoms with Gasteiger partial charge in [-0.05, 0) is 63.4 Å². The minimum Gasteiger partial charge on any atom is -0.496 e. The summed E-state index contributed by atoms with van der Waals surface area (Å²) in [5.41, 5.74) is 1.07. The number of methoxy groups -OCH3 is 1. The molecule has 0 aliphatic rings. The molecule has 39 heavy (non-hydrogen) atoms. The van der Waals surface area contributed by atoms with Crippen LogP contribution in [-0.4, -0.2) is 55.3 Å². The Kier molecular flexibility index (Phi) is 10.1. The lowest BCUT2D eigenvalue weighted by Gasteiger charge is -2.19. The minimum absolute atomic E-state index is 0.214. The van der Waals surface area contributed by atoms with E-state index in [-0.39, 0.29) is 29.8 Å². The van der Waals surface area contributed by atoms with Crippen molar-refractivity contribution < 1.29 is 27.1 Å². The predicted octanol–water partition coefficient (Wildman–Crippen LogP) is 4.15. The molecular formula is C26H33FN6O5S. The van der Waals surface area contributed by atoms with E-state index in [2.05, 4.69) is 30.3 Å². The Hall–Kier alpha value is -3.84. The zero-order valence-corrected chi connectivity index (χ0v) is 23.1. The van der Waals surface area contributed by atoms with Crippen LogP contribution in [0.25, 0.3) is 11.4 Å². The molecule has 0 spiro atoms. The van der Waals surface area contributed by atoms with Crippen LogP contribution < -0.4 is 20.1 Å². The summed E-state index contributed by atoms with van der Waals surface area (Å²) in [4.78, 5) is 24.3. The number of hydrogen-bond donors (Lipinski definition) is 3. The van der Waals surface area contributed by atoms with Crippen molar-refractivity contribution in [3.05, 3.63) is 60.2 Å². The number of alkyl carbamates (subject to hydrolysis) is 1. The second kappa shape index (κ2) is 13.3. The van der Waals surface area contributed by atoms with Gasteiger partial charge in [-0.3, -0.25) is 0 Å². The number of benzene rings is 2. The van der Waals surface area contributed by atoms with Gasteiger partial charge in [-0.25, -0.2) is 32.3 Å². The molecule has 1 aromatic heterocycles. The zero-order valence-electron chi connectivity index (χ0n) is 22.3. The highest BCUT2D eigenvalue weighted by atomic mass is 32.2. The first kappa shape index (κ1) is 29.7. The predicted molar refractivity (Wildman–Crippen MR) is 146 cm³/mol. The van der Waals surface area contributed by atoms with Gasteiger partial charge in [0, 0.05) is 24.8 Å². The average Bonchev–Trinajstić information content (AvgIpc) is 2.85. The summed E-state index contributed by atoms with van der Waals surface area (Å²) >= 11 is 0. The van der Waals surface area contributed by atoms with E-state index in [0.717, 1.165) is 0 Å². The first-order valence-corrected chi connectivity index (χ1v) is 13.9. The molecule has 3 N–H and O–H groups in total. The van der Waals surface area contributed by atoms with Crippen LogP contribution in [0.5, 0.6) is 5.75 Å². The van der Waals surface area contributed by atoms with Gasteiger partial charge >= 0.3 is 6.09 Å². The standard InChI is InChI=1S/C26H33FN6O5S/c1-26(2,3)38-25(34)28-12-5-6-13-31-39(35,36)16-18-8-7-9-20(14-18)32-24-30-17-29-23(33-24)21-11-10-19(27)15-22(21)37-4/h7-11,14-15,17,31H,5-6,12-13,16H2,1-4H3,(H,28,34)(H,29,30,32,33). The van der Waals surface area contributed by atoms with Crippen LogP contribution in [0.1, 0.15) is 39.2 Å². The number of carbonyl (C=O) groups excluding carboxylic acids is 1. The van der Waals surface area contributed by atoms with Gasteiger partial charge < -0.3 is 20.1 Å². The van der Waals surface area contributed by atoms with Crippen LogP contribution in [0.15, 0.2) is 48.8 Å². The summed E-state index contributed by atoms with van der Waals surface area (Å²) in [6.07, 6.45) is 1.96. The van der Waals surface area contributed by atoms with Crippen molar-refractivity contribution >= 4 is 27.8 Å². The molecule has 0 fully saturated rings. The van der Waals surface area contributed by atoms with E-state index in [1.165, 1.54) is 31.6 Å². The summed E-state index contributed by atoms with van der Waals surface area (Å²) < 4.78 is 51.6. The Morgan fingerprint density at radius 1 is 1.05 bits per heavy atom. The van der Waals surface area contributed by atoms with E-state index >= 15 is 0 Å². The summed E-state index contributed by atoms with van der Waals surface area (Å²) in [7, 11) is -2.15. The van der Waals surface area contributed by atoms with Crippen LogP contribution in [0.3, 0.4) is 0 Å². The fourth-order valence-corrected chi connectivity index (χ4v) is 4.63. The highest BCUT2D eigenvalue weighted by Crippen LogP contribution is 2.28. The van der Waals surface area contributed by atoms with Gasteiger partial charge in [0.1, 0.15) is 23.5 Å². The number of halogens is 1. The number of rotatable bonds is 12. The lowest BCUT2D eigenvalue weighted by molar-refractivity contribution is 0.0527.